The molecule has 0 amide bonds. The Hall–Kier alpha value is -2.42. The van der Waals surface area contributed by atoms with Crippen molar-refractivity contribution in [1.82, 2.24) is 14.8 Å². The van der Waals surface area contributed by atoms with E-state index in [1.54, 1.807) is 0 Å². The molecule has 1 unspecified atom stereocenters. The minimum absolute atomic E-state index is 0.159. The van der Waals surface area contributed by atoms with Gasteiger partial charge in [-0.1, -0.05) is 23.8 Å². The van der Waals surface area contributed by atoms with Gasteiger partial charge in [-0.15, -0.1) is 5.10 Å². The third-order valence-corrected chi connectivity index (χ3v) is 4.81. The summed E-state index contributed by atoms with van der Waals surface area (Å²) < 4.78 is 27.2. The first kappa shape index (κ1) is 18.4. The quantitative estimate of drug-likeness (QED) is 0.715. The van der Waals surface area contributed by atoms with Crippen molar-refractivity contribution in [2.75, 3.05) is 0 Å². The lowest BCUT2D eigenvalue weighted by molar-refractivity contribution is 0.271. The average molecular weight is 374 g/mol. The molecule has 8 heteroatoms. The second-order valence-corrected chi connectivity index (χ2v) is 7.10. The fraction of sp³-hybridized carbons (Fsp3) is 0.222. The number of aryl methyl sites for hydroxylation is 2. The summed E-state index contributed by atoms with van der Waals surface area (Å²) in [6, 6.07) is 10.1. The molecule has 1 aromatic heterocycles. The SMILES string of the molecule is Cc1ccc(C)c(Cc2nc(CO)nn2-c2ccc(S(N)=O)cc2F)c1. The zero-order chi connectivity index (χ0) is 18.8. The molecule has 6 nitrogen and oxygen atoms in total. The van der Waals surface area contributed by atoms with Crippen LogP contribution in [0.25, 0.3) is 5.69 Å². The lowest BCUT2D eigenvalue weighted by Crippen LogP contribution is -2.09. The van der Waals surface area contributed by atoms with Crippen LogP contribution >= 0.6 is 0 Å². The molecule has 136 valence electrons. The van der Waals surface area contributed by atoms with Crippen molar-refractivity contribution >= 4 is 11.0 Å². The molecule has 3 N–H and O–H groups in total. The summed E-state index contributed by atoms with van der Waals surface area (Å²) >= 11 is 0. The van der Waals surface area contributed by atoms with Crippen molar-refractivity contribution in [1.29, 1.82) is 0 Å². The van der Waals surface area contributed by atoms with Crippen LogP contribution in [0.2, 0.25) is 0 Å². The van der Waals surface area contributed by atoms with Crippen LogP contribution in [0, 0.1) is 19.7 Å². The first-order valence-corrected chi connectivity index (χ1v) is 9.18. The van der Waals surface area contributed by atoms with Gasteiger partial charge in [0.05, 0.1) is 4.90 Å². The largest absolute Gasteiger partial charge is 0.388 e. The number of nitrogens with zero attached hydrogens (tertiary/aromatic N) is 3. The average Bonchev–Trinajstić information content (AvgIpc) is 3.00. The smallest absolute Gasteiger partial charge is 0.176 e. The third kappa shape index (κ3) is 3.72. The van der Waals surface area contributed by atoms with Crippen LogP contribution in [0.15, 0.2) is 41.3 Å². The number of aliphatic hydroxyl groups is 1. The summed E-state index contributed by atoms with van der Waals surface area (Å²) in [5.74, 6) is 0.0948. The maximum absolute atomic E-state index is 14.5. The lowest BCUT2D eigenvalue weighted by Gasteiger charge is -2.10. The van der Waals surface area contributed by atoms with E-state index in [2.05, 4.69) is 10.1 Å². The molecule has 1 atom stereocenters. The molecule has 26 heavy (non-hydrogen) atoms. The van der Waals surface area contributed by atoms with Gasteiger partial charge in [-0.05, 0) is 43.2 Å². The molecular formula is C18H19FN4O2S. The van der Waals surface area contributed by atoms with Crippen molar-refractivity contribution in [2.45, 2.75) is 31.8 Å². The van der Waals surface area contributed by atoms with Crippen LogP contribution in [0.1, 0.15) is 28.3 Å². The minimum Gasteiger partial charge on any atom is -0.388 e. The van der Waals surface area contributed by atoms with E-state index in [1.807, 2.05) is 32.0 Å². The van der Waals surface area contributed by atoms with Crippen molar-refractivity contribution in [3.05, 3.63) is 70.6 Å². The number of rotatable bonds is 5. The van der Waals surface area contributed by atoms with E-state index in [1.165, 1.54) is 16.8 Å². The molecule has 2 aromatic carbocycles. The number of aromatic nitrogens is 3. The Morgan fingerprint density at radius 3 is 2.65 bits per heavy atom. The van der Waals surface area contributed by atoms with Crippen LogP contribution in [-0.4, -0.2) is 24.1 Å². The van der Waals surface area contributed by atoms with Gasteiger partial charge in [0.2, 0.25) is 0 Å². The highest BCUT2D eigenvalue weighted by atomic mass is 32.2. The first-order valence-electron chi connectivity index (χ1n) is 7.97. The Bertz CT molecular complexity index is 987. The molecule has 0 bridgehead atoms. The normalized spacial score (nSPS) is 12.3. The van der Waals surface area contributed by atoms with Gasteiger partial charge in [0.25, 0.3) is 0 Å². The second kappa shape index (κ2) is 7.45. The minimum atomic E-state index is -1.77. The maximum Gasteiger partial charge on any atom is 0.176 e. The van der Waals surface area contributed by atoms with Gasteiger partial charge in [-0.2, -0.15) is 0 Å². The van der Waals surface area contributed by atoms with Crippen LogP contribution in [-0.2, 0) is 24.0 Å². The van der Waals surface area contributed by atoms with E-state index < -0.39 is 16.8 Å². The van der Waals surface area contributed by atoms with Gasteiger partial charge < -0.3 is 5.11 Å². The molecular weight excluding hydrogens is 355 g/mol. The Morgan fingerprint density at radius 2 is 2.00 bits per heavy atom. The maximum atomic E-state index is 14.5. The van der Waals surface area contributed by atoms with Gasteiger partial charge in [0.1, 0.15) is 34.9 Å². The summed E-state index contributed by atoms with van der Waals surface area (Å²) in [5.41, 5.74) is 3.40. The fourth-order valence-electron chi connectivity index (χ4n) is 2.71. The van der Waals surface area contributed by atoms with Crippen molar-refractivity contribution in [3.8, 4) is 5.69 Å². The first-order chi connectivity index (χ1) is 12.4. The number of halogens is 1. The molecule has 0 aliphatic rings. The van der Waals surface area contributed by atoms with Gasteiger partial charge in [-0.25, -0.2) is 23.4 Å². The van der Waals surface area contributed by atoms with Crippen LogP contribution in [0.4, 0.5) is 4.39 Å². The predicted molar refractivity (Wildman–Crippen MR) is 96.6 cm³/mol. The fourth-order valence-corrected chi connectivity index (χ4v) is 3.13. The van der Waals surface area contributed by atoms with Gasteiger partial charge in [-0.3, -0.25) is 0 Å². The van der Waals surface area contributed by atoms with Crippen LogP contribution in [0.5, 0.6) is 0 Å². The zero-order valence-corrected chi connectivity index (χ0v) is 15.3. The van der Waals surface area contributed by atoms with Crippen LogP contribution < -0.4 is 5.14 Å². The predicted octanol–water partition coefficient (Wildman–Crippen LogP) is 2.09. The highest BCUT2D eigenvalue weighted by Crippen LogP contribution is 2.21. The summed E-state index contributed by atoms with van der Waals surface area (Å²) in [6.45, 7) is 3.64. The highest BCUT2D eigenvalue weighted by Gasteiger charge is 2.17. The van der Waals surface area contributed by atoms with E-state index in [4.69, 9.17) is 5.14 Å². The molecule has 0 radical (unpaired) electrons. The Balaban J connectivity index is 2.07. The lowest BCUT2D eigenvalue weighted by atomic mass is 10.0. The third-order valence-electron chi connectivity index (χ3n) is 4.09. The molecule has 0 saturated carbocycles. The molecule has 0 aliphatic heterocycles. The molecule has 0 aliphatic carbocycles. The van der Waals surface area contributed by atoms with Gasteiger partial charge in [0, 0.05) is 6.42 Å². The molecule has 1 heterocycles. The monoisotopic (exact) mass is 374 g/mol. The molecule has 0 fully saturated rings. The number of aliphatic hydroxyl groups excluding tert-OH is 1. The number of benzene rings is 2. The number of hydrogen-bond acceptors (Lipinski definition) is 4. The van der Waals surface area contributed by atoms with Crippen LogP contribution in [0.3, 0.4) is 0 Å². The number of hydrogen-bond donors (Lipinski definition) is 2. The summed E-state index contributed by atoms with van der Waals surface area (Å²) in [5, 5.41) is 18.9. The van der Waals surface area contributed by atoms with Gasteiger partial charge in [0.15, 0.2) is 5.82 Å². The van der Waals surface area contributed by atoms with Crippen molar-refractivity contribution in [2.24, 2.45) is 5.14 Å². The summed E-state index contributed by atoms with van der Waals surface area (Å²) in [6.07, 6.45) is 0.435. The van der Waals surface area contributed by atoms with Crippen molar-refractivity contribution in [3.63, 3.8) is 0 Å². The second-order valence-electron chi connectivity index (χ2n) is 6.03. The van der Waals surface area contributed by atoms with E-state index in [0.29, 0.717) is 12.2 Å². The topological polar surface area (TPSA) is 94.0 Å². The molecule has 0 saturated heterocycles. The van der Waals surface area contributed by atoms with E-state index in [0.717, 1.165) is 22.8 Å². The number of nitrogens with two attached hydrogens (primary N) is 1. The Kier molecular flexibility index (Phi) is 5.26. The standard InChI is InChI=1S/C18H19FN4O2S/c1-11-3-4-12(2)13(7-11)8-18-21-17(10-24)22-23(18)16-6-5-14(26(20)25)9-15(16)19/h3-7,9,24H,8,10,20H2,1-2H3. The van der Waals surface area contributed by atoms with E-state index in [9.17, 15) is 13.7 Å². The zero-order valence-electron chi connectivity index (χ0n) is 14.4. The highest BCUT2D eigenvalue weighted by molar-refractivity contribution is 7.82. The Labute approximate surface area is 153 Å². The van der Waals surface area contributed by atoms with E-state index in [-0.39, 0.29) is 23.0 Å². The van der Waals surface area contributed by atoms with Crippen molar-refractivity contribution < 1.29 is 13.7 Å². The summed E-state index contributed by atoms with van der Waals surface area (Å²) in [4.78, 5) is 4.51. The summed E-state index contributed by atoms with van der Waals surface area (Å²) in [7, 11) is -1.77. The molecule has 3 aromatic rings. The molecule has 0 spiro atoms. The molecule has 3 rings (SSSR count). The van der Waals surface area contributed by atoms with E-state index >= 15 is 0 Å². The van der Waals surface area contributed by atoms with Gasteiger partial charge >= 0.3 is 0 Å². The Morgan fingerprint density at radius 1 is 1.23 bits per heavy atom.